The van der Waals surface area contributed by atoms with Gasteiger partial charge in [0, 0.05) is 30.6 Å². The molecule has 5 nitrogen and oxygen atoms in total. The first-order chi connectivity index (χ1) is 8.91. The highest BCUT2D eigenvalue weighted by molar-refractivity contribution is 7.07. The molecule has 6 heteroatoms. The lowest BCUT2D eigenvalue weighted by atomic mass is 10.1. The lowest BCUT2D eigenvalue weighted by Crippen LogP contribution is -2.34. The fourth-order valence-corrected chi connectivity index (χ4v) is 2.38. The molecule has 1 aromatic rings. The summed E-state index contributed by atoms with van der Waals surface area (Å²) in [4.78, 5) is 23.0. The van der Waals surface area contributed by atoms with Crippen molar-refractivity contribution in [1.82, 2.24) is 9.88 Å². The molecule has 1 unspecified atom stereocenters. The van der Waals surface area contributed by atoms with Crippen molar-refractivity contribution in [3.05, 3.63) is 20.7 Å². The summed E-state index contributed by atoms with van der Waals surface area (Å²) in [5, 5.41) is 14.1. The van der Waals surface area contributed by atoms with Crippen molar-refractivity contribution in [3.63, 3.8) is 0 Å². The van der Waals surface area contributed by atoms with Gasteiger partial charge >= 0.3 is 4.87 Å². The van der Waals surface area contributed by atoms with E-state index in [9.17, 15) is 14.7 Å². The molecule has 108 valence electrons. The number of thiazole rings is 1. The molecule has 19 heavy (non-hydrogen) atoms. The molecule has 0 aromatic carbocycles. The van der Waals surface area contributed by atoms with E-state index in [-0.39, 0.29) is 23.2 Å². The number of amides is 1. The maximum Gasteiger partial charge on any atom is 0.307 e. The van der Waals surface area contributed by atoms with E-state index in [1.165, 1.54) is 11.3 Å². The molecule has 1 rings (SSSR count). The van der Waals surface area contributed by atoms with Crippen molar-refractivity contribution in [2.45, 2.75) is 46.3 Å². The van der Waals surface area contributed by atoms with Crippen molar-refractivity contribution in [3.8, 4) is 0 Å². The SMILES string of the molecule is Cc1csc(=O)n1CCCC(=O)NCC(O)C(C)C. The molecule has 0 fully saturated rings. The maximum atomic E-state index is 11.6. The molecule has 0 aliphatic heterocycles. The third-order valence-electron chi connectivity index (χ3n) is 3.04. The average Bonchev–Trinajstić information content (AvgIpc) is 2.67. The minimum Gasteiger partial charge on any atom is -0.391 e. The van der Waals surface area contributed by atoms with Crippen LogP contribution in [0, 0.1) is 12.8 Å². The van der Waals surface area contributed by atoms with Gasteiger partial charge in [0.2, 0.25) is 5.91 Å². The highest BCUT2D eigenvalue weighted by atomic mass is 32.1. The molecule has 0 radical (unpaired) electrons. The topological polar surface area (TPSA) is 71.3 Å². The minimum atomic E-state index is -0.509. The Morgan fingerprint density at radius 2 is 2.21 bits per heavy atom. The number of carbonyl (C=O) groups is 1. The van der Waals surface area contributed by atoms with Gasteiger partial charge in [-0.3, -0.25) is 9.59 Å². The third kappa shape index (κ3) is 5.16. The van der Waals surface area contributed by atoms with E-state index in [1.807, 2.05) is 26.2 Å². The second kappa shape index (κ2) is 7.45. The molecule has 1 heterocycles. The molecule has 0 saturated carbocycles. The number of nitrogens with zero attached hydrogens (tertiary/aromatic N) is 1. The number of hydrogen-bond donors (Lipinski definition) is 2. The van der Waals surface area contributed by atoms with Crippen LogP contribution in [0.15, 0.2) is 10.2 Å². The summed E-state index contributed by atoms with van der Waals surface area (Å²) >= 11 is 1.18. The number of aryl methyl sites for hydroxylation is 1. The lowest BCUT2D eigenvalue weighted by Gasteiger charge is -2.15. The first kappa shape index (κ1) is 15.9. The summed E-state index contributed by atoms with van der Waals surface area (Å²) in [6.45, 7) is 6.55. The number of hydrogen-bond acceptors (Lipinski definition) is 4. The van der Waals surface area contributed by atoms with Crippen LogP contribution in [-0.4, -0.2) is 28.2 Å². The van der Waals surface area contributed by atoms with Gasteiger partial charge in [0.1, 0.15) is 0 Å². The van der Waals surface area contributed by atoms with Gasteiger partial charge in [0.15, 0.2) is 0 Å². The van der Waals surface area contributed by atoms with Crippen LogP contribution in [-0.2, 0) is 11.3 Å². The Bertz CT molecular complexity index is 465. The number of rotatable bonds is 7. The zero-order chi connectivity index (χ0) is 14.4. The highest BCUT2D eigenvalue weighted by Gasteiger charge is 2.10. The number of aliphatic hydroxyl groups is 1. The Hall–Kier alpha value is -1.14. The summed E-state index contributed by atoms with van der Waals surface area (Å²) in [6.07, 6.45) is 0.485. The number of carbonyl (C=O) groups excluding carboxylic acids is 1. The van der Waals surface area contributed by atoms with E-state index in [0.717, 1.165) is 5.69 Å². The van der Waals surface area contributed by atoms with Crippen molar-refractivity contribution in [2.24, 2.45) is 5.92 Å². The Balaban J connectivity index is 2.26. The summed E-state index contributed by atoms with van der Waals surface area (Å²) in [5.41, 5.74) is 0.936. The van der Waals surface area contributed by atoms with Crippen LogP contribution in [0.25, 0.3) is 0 Å². The molecule has 0 spiro atoms. The lowest BCUT2D eigenvalue weighted by molar-refractivity contribution is -0.121. The number of aliphatic hydroxyl groups excluding tert-OH is 1. The van der Waals surface area contributed by atoms with Crippen LogP contribution >= 0.6 is 11.3 Å². The summed E-state index contributed by atoms with van der Waals surface area (Å²) in [7, 11) is 0. The van der Waals surface area contributed by atoms with Crippen molar-refractivity contribution in [1.29, 1.82) is 0 Å². The molecular formula is C13H22N2O3S. The first-order valence-corrected chi connectivity index (χ1v) is 7.39. The quantitative estimate of drug-likeness (QED) is 0.789. The van der Waals surface area contributed by atoms with Crippen LogP contribution in [0.3, 0.4) is 0 Å². The Labute approximate surface area is 117 Å². The second-order valence-electron chi connectivity index (χ2n) is 5.01. The third-order valence-corrected chi connectivity index (χ3v) is 3.92. The number of aromatic nitrogens is 1. The van der Waals surface area contributed by atoms with Crippen molar-refractivity contribution >= 4 is 17.2 Å². The molecule has 0 bridgehead atoms. The highest BCUT2D eigenvalue weighted by Crippen LogP contribution is 2.03. The van der Waals surface area contributed by atoms with Gasteiger partial charge in [-0.25, -0.2) is 0 Å². The van der Waals surface area contributed by atoms with E-state index in [1.54, 1.807) is 4.57 Å². The van der Waals surface area contributed by atoms with Crippen LogP contribution in [0.4, 0.5) is 0 Å². The van der Waals surface area contributed by atoms with Gasteiger partial charge in [-0.2, -0.15) is 0 Å². The smallest absolute Gasteiger partial charge is 0.307 e. The monoisotopic (exact) mass is 286 g/mol. The molecule has 0 aliphatic rings. The molecule has 0 aliphatic carbocycles. The Morgan fingerprint density at radius 1 is 1.53 bits per heavy atom. The predicted molar refractivity (Wildman–Crippen MR) is 76.4 cm³/mol. The Kier molecular flexibility index (Phi) is 6.24. The van der Waals surface area contributed by atoms with Crippen LogP contribution in [0.5, 0.6) is 0 Å². The normalized spacial score (nSPS) is 12.7. The molecular weight excluding hydrogens is 264 g/mol. The van der Waals surface area contributed by atoms with E-state index >= 15 is 0 Å². The molecule has 1 amide bonds. The standard InChI is InChI=1S/C13H22N2O3S/c1-9(2)11(16)7-14-12(17)5-4-6-15-10(3)8-19-13(15)18/h8-9,11,16H,4-7H2,1-3H3,(H,14,17). The fourth-order valence-electron chi connectivity index (χ4n) is 1.61. The summed E-state index contributed by atoms with van der Waals surface area (Å²) in [5.74, 6) is 0.0490. The van der Waals surface area contributed by atoms with E-state index in [4.69, 9.17) is 0 Å². The van der Waals surface area contributed by atoms with Gasteiger partial charge in [-0.15, -0.1) is 0 Å². The molecule has 1 atom stereocenters. The van der Waals surface area contributed by atoms with Gasteiger partial charge in [0.25, 0.3) is 0 Å². The van der Waals surface area contributed by atoms with Gasteiger partial charge in [-0.1, -0.05) is 25.2 Å². The fraction of sp³-hybridized carbons (Fsp3) is 0.692. The van der Waals surface area contributed by atoms with Crippen LogP contribution in [0.1, 0.15) is 32.4 Å². The molecule has 0 saturated heterocycles. The zero-order valence-electron chi connectivity index (χ0n) is 11.7. The van der Waals surface area contributed by atoms with Crippen molar-refractivity contribution in [2.75, 3.05) is 6.54 Å². The van der Waals surface area contributed by atoms with E-state index in [0.29, 0.717) is 19.4 Å². The maximum absolute atomic E-state index is 11.6. The van der Waals surface area contributed by atoms with Crippen LogP contribution in [0.2, 0.25) is 0 Å². The van der Waals surface area contributed by atoms with E-state index in [2.05, 4.69) is 5.32 Å². The van der Waals surface area contributed by atoms with Crippen molar-refractivity contribution < 1.29 is 9.90 Å². The zero-order valence-corrected chi connectivity index (χ0v) is 12.5. The number of nitrogens with one attached hydrogen (secondary N) is 1. The largest absolute Gasteiger partial charge is 0.391 e. The van der Waals surface area contributed by atoms with Gasteiger partial charge in [-0.05, 0) is 19.3 Å². The molecule has 2 N–H and O–H groups in total. The Morgan fingerprint density at radius 3 is 2.74 bits per heavy atom. The van der Waals surface area contributed by atoms with E-state index < -0.39 is 6.10 Å². The summed E-state index contributed by atoms with van der Waals surface area (Å²) < 4.78 is 1.68. The summed E-state index contributed by atoms with van der Waals surface area (Å²) in [6, 6.07) is 0. The first-order valence-electron chi connectivity index (χ1n) is 6.51. The van der Waals surface area contributed by atoms with Crippen LogP contribution < -0.4 is 10.2 Å². The second-order valence-corrected chi connectivity index (χ2v) is 5.83. The predicted octanol–water partition coefficient (Wildman–Crippen LogP) is 1.13. The van der Waals surface area contributed by atoms with Gasteiger partial charge in [0.05, 0.1) is 6.10 Å². The van der Waals surface area contributed by atoms with Gasteiger partial charge < -0.3 is 15.0 Å². The molecule has 1 aromatic heterocycles. The average molecular weight is 286 g/mol. The minimum absolute atomic E-state index is 0.0214.